The van der Waals surface area contributed by atoms with Crippen LogP contribution in [0.1, 0.15) is 12.5 Å². The van der Waals surface area contributed by atoms with Gasteiger partial charge in [-0.2, -0.15) is 0 Å². The number of sulfonamides is 1. The average Bonchev–Trinajstić information content (AvgIpc) is 2.54. The number of carbonyl (C=O) groups excluding carboxylic acids is 1. The number of benzene rings is 2. The maximum Gasteiger partial charge on any atom is 0.330 e. The average molecular weight is 349 g/mol. The van der Waals surface area contributed by atoms with Gasteiger partial charge in [0.15, 0.2) is 0 Å². The summed E-state index contributed by atoms with van der Waals surface area (Å²) in [5.41, 5.74) is 0.975. The second kappa shape index (κ2) is 7.74. The Hall–Kier alpha value is -2.67. The normalized spacial score (nSPS) is 11.4. The highest BCUT2D eigenvalue weighted by Gasteiger charge is 2.18. The maximum absolute atomic E-state index is 13.6. The zero-order valence-corrected chi connectivity index (χ0v) is 13.7. The van der Waals surface area contributed by atoms with Gasteiger partial charge in [-0.25, -0.2) is 17.6 Å². The molecule has 0 heterocycles. The van der Waals surface area contributed by atoms with E-state index in [-0.39, 0.29) is 5.69 Å². The van der Waals surface area contributed by atoms with Gasteiger partial charge in [-0.15, -0.1) is 0 Å². The number of rotatable bonds is 6. The van der Waals surface area contributed by atoms with Crippen molar-refractivity contribution in [3.05, 3.63) is 66.0 Å². The van der Waals surface area contributed by atoms with Gasteiger partial charge in [0.25, 0.3) is 10.0 Å². The minimum Gasteiger partial charge on any atom is -0.463 e. The third-order valence-corrected chi connectivity index (χ3v) is 4.40. The smallest absolute Gasteiger partial charge is 0.330 e. The predicted octanol–water partition coefficient (Wildman–Crippen LogP) is 3.20. The van der Waals surface area contributed by atoms with Crippen LogP contribution >= 0.6 is 0 Å². The lowest BCUT2D eigenvalue weighted by molar-refractivity contribution is -0.137. The lowest BCUT2D eigenvalue weighted by Gasteiger charge is -2.09. The Morgan fingerprint density at radius 3 is 2.46 bits per heavy atom. The molecule has 0 aliphatic carbocycles. The summed E-state index contributed by atoms with van der Waals surface area (Å²) >= 11 is 0. The van der Waals surface area contributed by atoms with Crippen molar-refractivity contribution in [3.8, 4) is 0 Å². The Morgan fingerprint density at radius 2 is 1.83 bits per heavy atom. The van der Waals surface area contributed by atoms with Gasteiger partial charge in [0.05, 0.1) is 6.61 Å². The molecule has 2 aromatic rings. The largest absolute Gasteiger partial charge is 0.463 e. The van der Waals surface area contributed by atoms with Crippen molar-refractivity contribution in [2.24, 2.45) is 0 Å². The highest BCUT2D eigenvalue weighted by molar-refractivity contribution is 7.92. The molecule has 24 heavy (non-hydrogen) atoms. The number of halogens is 1. The lowest BCUT2D eigenvalue weighted by atomic mass is 10.2. The van der Waals surface area contributed by atoms with Crippen LogP contribution in [0.2, 0.25) is 0 Å². The molecule has 0 saturated heterocycles. The molecule has 0 aliphatic rings. The summed E-state index contributed by atoms with van der Waals surface area (Å²) in [6.45, 7) is 2.00. The van der Waals surface area contributed by atoms with Crippen molar-refractivity contribution in [1.82, 2.24) is 0 Å². The van der Waals surface area contributed by atoms with Crippen LogP contribution in [0.25, 0.3) is 6.08 Å². The van der Waals surface area contributed by atoms with E-state index in [4.69, 9.17) is 4.74 Å². The molecule has 126 valence electrons. The molecule has 0 bridgehead atoms. The highest BCUT2D eigenvalue weighted by atomic mass is 32.2. The Morgan fingerprint density at radius 1 is 1.17 bits per heavy atom. The third kappa shape index (κ3) is 4.66. The van der Waals surface area contributed by atoms with Crippen molar-refractivity contribution in [3.63, 3.8) is 0 Å². The molecule has 0 amide bonds. The molecule has 1 N–H and O–H groups in total. The van der Waals surface area contributed by atoms with Crippen molar-refractivity contribution in [2.75, 3.05) is 11.3 Å². The van der Waals surface area contributed by atoms with Gasteiger partial charge < -0.3 is 4.74 Å². The van der Waals surface area contributed by atoms with Crippen LogP contribution in [0.15, 0.2) is 59.5 Å². The fourth-order valence-corrected chi connectivity index (χ4v) is 3.03. The predicted molar refractivity (Wildman–Crippen MR) is 89.3 cm³/mol. The van der Waals surface area contributed by atoms with Crippen molar-refractivity contribution >= 4 is 27.8 Å². The van der Waals surface area contributed by atoms with Gasteiger partial charge in [-0.1, -0.05) is 24.3 Å². The Labute approximate surface area is 139 Å². The number of ether oxygens (including phenoxy) is 1. The Bertz CT molecular complexity index is 845. The summed E-state index contributed by atoms with van der Waals surface area (Å²) in [6, 6.07) is 11.4. The molecule has 2 aromatic carbocycles. The summed E-state index contributed by atoms with van der Waals surface area (Å²) in [5, 5.41) is 0. The van der Waals surface area contributed by atoms with E-state index >= 15 is 0 Å². The standard InChI is InChI=1S/C17H16FNO4S/c1-2-23-17(20)12-9-13-7-10-14(11-8-13)19-24(21,22)16-6-4-3-5-15(16)18/h3-12,19H,2H2,1H3/b12-9+. The van der Waals surface area contributed by atoms with E-state index in [1.165, 1.54) is 36.4 Å². The third-order valence-electron chi connectivity index (χ3n) is 2.99. The first-order valence-electron chi connectivity index (χ1n) is 7.14. The second-order valence-corrected chi connectivity index (χ2v) is 6.39. The molecule has 7 heteroatoms. The second-order valence-electron chi connectivity index (χ2n) is 4.74. The van der Waals surface area contributed by atoms with E-state index in [1.807, 2.05) is 0 Å². The van der Waals surface area contributed by atoms with E-state index in [2.05, 4.69) is 4.72 Å². The zero-order valence-electron chi connectivity index (χ0n) is 12.9. The monoisotopic (exact) mass is 349 g/mol. The molecule has 0 fully saturated rings. The quantitative estimate of drug-likeness (QED) is 0.642. The number of hydrogen-bond donors (Lipinski definition) is 1. The van der Waals surface area contributed by atoms with Gasteiger partial charge in [0, 0.05) is 11.8 Å². The van der Waals surface area contributed by atoms with Gasteiger partial charge in [0.2, 0.25) is 0 Å². The molecule has 5 nitrogen and oxygen atoms in total. The van der Waals surface area contributed by atoms with E-state index < -0.39 is 26.7 Å². The van der Waals surface area contributed by atoms with Crippen molar-refractivity contribution < 1.29 is 22.3 Å². The zero-order chi connectivity index (χ0) is 17.6. The molecule has 0 spiro atoms. The van der Waals surface area contributed by atoms with Crippen LogP contribution in [0.3, 0.4) is 0 Å². The van der Waals surface area contributed by atoms with E-state index in [1.54, 1.807) is 25.1 Å². The van der Waals surface area contributed by atoms with Crippen LogP contribution in [0, 0.1) is 5.82 Å². The van der Waals surface area contributed by atoms with Crippen LogP contribution in [0.5, 0.6) is 0 Å². The van der Waals surface area contributed by atoms with Gasteiger partial charge in [-0.3, -0.25) is 4.72 Å². The van der Waals surface area contributed by atoms with Crippen LogP contribution in [-0.4, -0.2) is 21.0 Å². The van der Waals surface area contributed by atoms with Crippen LogP contribution in [0.4, 0.5) is 10.1 Å². The fraction of sp³-hybridized carbons (Fsp3) is 0.118. The van der Waals surface area contributed by atoms with Gasteiger partial charge in [0.1, 0.15) is 10.7 Å². The van der Waals surface area contributed by atoms with E-state index in [0.717, 1.165) is 6.07 Å². The van der Waals surface area contributed by atoms with Crippen LogP contribution in [-0.2, 0) is 19.6 Å². The number of esters is 1. The summed E-state index contributed by atoms with van der Waals surface area (Å²) in [5.74, 6) is -1.28. The SMILES string of the molecule is CCOC(=O)/C=C/c1ccc(NS(=O)(=O)c2ccccc2F)cc1. The summed E-state index contributed by atoms with van der Waals surface area (Å²) in [7, 11) is -4.01. The fourth-order valence-electron chi connectivity index (χ4n) is 1.89. The van der Waals surface area contributed by atoms with Crippen molar-refractivity contribution in [1.29, 1.82) is 0 Å². The number of anilines is 1. The number of nitrogens with one attached hydrogen (secondary N) is 1. The first kappa shape index (κ1) is 17.7. The molecule has 0 aliphatic heterocycles. The first-order chi connectivity index (χ1) is 11.4. The van der Waals surface area contributed by atoms with Gasteiger partial charge in [-0.05, 0) is 42.8 Å². The summed E-state index contributed by atoms with van der Waals surface area (Å²) < 4.78 is 45.0. The molecular formula is C17H16FNO4S. The Kier molecular flexibility index (Phi) is 5.70. The molecule has 0 atom stereocenters. The Balaban J connectivity index is 2.12. The molecule has 0 radical (unpaired) electrons. The highest BCUT2D eigenvalue weighted by Crippen LogP contribution is 2.19. The summed E-state index contributed by atoms with van der Waals surface area (Å²) in [4.78, 5) is 10.8. The lowest BCUT2D eigenvalue weighted by Crippen LogP contribution is -2.14. The molecular weight excluding hydrogens is 333 g/mol. The topological polar surface area (TPSA) is 72.5 Å². The minimum absolute atomic E-state index is 0.284. The van der Waals surface area contributed by atoms with Crippen molar-refractivity contribution in [2.45, 2.75) is 11.8 Å². The van der Waals surface area contributed by atoms with E-state index in [0.29, 0.717) is 12.2 Å². The first-order valence-corrected chi connectivity index (χ1v) is 8.63. The maximum atomic E-state index is 13.6. The molecule has 2 rings (SSSR count). The molecule has 0 unspecified atom stereocenters. The minimum atomic E-state index is -4.01. The number of carbonyl (C=O) groups is 1. The van der Waals surface area contributed by atoms with Gasteiger partial charge >= 0.3 is 5.97 Å². The summed E-state index contributed by atoms with van der Waals surface area (Å²) in [6.07, 6.45) is 2.83. The molecule has 0 aromatic heterocycles. The number of hydrogen-bond acceptors (Lipinski definition) is 4. The molecule has 0 saturated carbocycles. The van der Waals surface area contributed by atoms with E-state index in [9.17, 15) is 17.6 Å². The van der Waals surface area contributed by atoms with Crippen LogP contribution < -0.4 is 4.72 Å².